The second-order valence-corrected chi connectivity index (χ2v) is 13.2. The number of hydrogen-bond acceptors (Lipinski definition) is 3. The molecule has 0 radical (unpaired) electrons. The van der Waals surface area contributed by atoms with Crippen molar-refractivity contribution in [3.8, 4) is 5.75 Å². The summed E-state index contributed by atoms with van der Waals surface area (Å²) in [4.78, 5) is 13.3. The number of phenolic OH excluding ortho intramolecular Hbond substituents is 1. The van der Waals surface area contributed by atoms with Crippen molar-refractivity contribution in [1.29, 1.82) is 0 Å². The molecule has 0 unspecified atom stereocenters. The molecule has 0 spiro atoms. The molecule has 0 fully saturated rings. The zero-order valence-electron chi connectivity index (χ0n) is 22.8. The predicted octanol–water partition coefficient (Wildman–Crippen LogP) is 8.46. The lowest BCUT2D eigenvalue weighted by atomic mass is 9.78. The molecule has 1 rings (SSSR count). The maximum Gasteiger partial charge on any atom is 0.343 e. The molecular formula is C29H46O3. The largest absolute Gasteiger partial charge is 0.507 e. The molecule has 0 aliphatic carbocycles. The monoisotopic (exact) mass is 442 g/mol. The number of aromatic hydroxyl groups is 1. The Labute approximate surface area is 197 Å². The van der Waals surface area contributed by atoms with Gasteiger partial charge in [-0.25, -0.2) is 4.79 Å². The Kier molecular flexibility index (Phi) is 8.27. The lowest BCUT2D eigenvalue weighted by Crippen LogP contribution is -2.19. The van der Waals surface area contributed by atoms with Gasteiger partial charge < -0.3 is 9.84 Å². The van der Waals surface area contributed by atoms with E-state index < -0.39 is 5.97 Å². The van der Waals surface area contributed by atoms with Crippen molar-refractivity contribution in [2.75, 3.05) is 0 Å². The summed E-state index contributed by atoms with van der Waals surface area (Å²) in [5, 5.41) is 11.0. The second kappa shape index (κ2) is 9.45. The van der Waals surface area contributed by atoms with E-state index in [1.54, 1.807) is 12.1 Å². The van der Waals surface area contributed by atoms with Crippen molar-refractivity contribution in [1.82, 2.24) is 0 Å². The molecule has 0 heterocycles. The van der Waals surface area contributed by atoms with Gasteiger partial charge in [0.15, 0.2) is 0 Å². The molecule has 180 valence electrons. The van der Waals surface area contributed by atoms with Crippen LogP contribution in [0.2, 0.25) is 0 Å². The third-order valence-electron chi connectivity index (χ3n) is 5.66. The van der Waals surface area contributed by atoms with E-state index in [0.717, 1.165) is 23.1 Å². The Balaban J connectivity index is 3.54. The van der Waals surface area contributed by atoms with E-state index in [4.69, 9.17) is 4.74 Å². The summed E-state index contributed by atoms with van der Waals surface area (Å²) in [6.07, 6.45) is 4.89. The number of allylic oxidation sites excluding steroid dienone is 3. The Morgan fingerprint density at radius 3 is 1.66 bits per heavy atom. The number of hydrogen-bond donors (Lipinski definition) is 1. The average molecular weight is 443 g/mol. The second-order valence-electron chi connectivity index (χ2n) is 13.2. The summed E-state index contributed by atoms with van der Waals surface area (Å²) in [6.45, 7) is 27.1. The van der Waals surface area contributed by atoms with Crippen LogP contribution in [0.5, 0.6) is 5.75 Å². The molecule has 3 nitrogen and oxygen atoms in total. The molecule has 0 saturated carbocycles. The topological polar surface area (TPSA) is 46.5 Å². The van der Waals surface area contributed by atoms with Crippen LogP contribution in [-0.2, 0) is 15.6 Å². The number of esters is 1. The molecular weight excluding hydrogens is 396 g/mol. The Hall–Kier alpha value is -2.03. The van der Waals surface area contributed by atoms with E-state index in [9.17, 15) is 9.90 Å². The molecule has 0 bridgehead atoms. The zero-order chi connectivity index (χ0) is 25.3. The van der Waals surface area contributed by atoms with Crippen LogP contribution in [-0.4, -0.2) is 11.1 Å². The molecule has 1 N–H and O–H groups in total. The van der Waals surface area contributed by atoms with E-state index in [0.29, 0.717) is 11.3 Å². The molecule has 0 aliphatic heterocycles. The molecule has 0 saturated heterocycles. The normalized spacial score (nSPS) is 14.5. The molecule has 0 atom stereocenters. The van der Waals surface area contributed by atoms with E-state index >= 15 is 0 Å². The Morgan fingerprint density at radius 1 is 0.875 bits per heavy atom. The highest BCUT2D eigenvalue weighted by Crippen LogP contribution is 2.40. The first-order valence-electron chi connectivity index (χ1n) is 11.6. The van der Waals surface area contributed by atoms with E-state index in [-0.39, 0.29) is 27.4 Å². The van der Waals surface area contributed by atoms with Crippen LogP contribution in [0.3, 0.4) is 0 Å². The van der Waals surface area contributed by atoms with Crippen molar-refractivity contribution < 1.29 is 14.6 Å². The quantitative estimate of drug-likeness (QED) is 0.289. The number of rotatable bonds is 4. The van der Waals surface area contributed by atoms with E-state index in [1.165, 1.54) is 0 Å². The fourth-order valence-electron chi connectivity index (χ4n) is 3.18. The zero-order valence-corrected chi connectivity index (χ0v) is 22.8. The molecule has 1 aromatic rings. The fourth-order valence-corrected chi connectivity index (χ4v) is 3.18. The van der Waals surface area contributed by atoms with E-state index in [2.05, 4.69) is 47.6 Å². The van der Waals surface area contributed by atoms with Gasteiger partial charge in [0, 0.05) is 11.1 Å². The standard InChI is InChI=1S/C29H46O3/c1-19(27(5,6)7)23(15-14-16-26(2,3)4)32-25(31)20-17-21(28(8,9)10)24(30)22(18-20)29(11,12)13/h14-15,17-18,30H,16H2,1-13H3/b15-14-,23-19-. The van der Waals surface area contributed by atoms with Gasteiger partial charge in [0.1, 0.15) is 11.5 Å². The van der Waals surface area contributed by atoms with Crippen molar-refractivity contribution in [2.45, 2.75) is 107 Å². The third kappa shape index (κ3) is 7.83. The average Bonchev–Trinajstić information content (AvgIpc) is 2.56. The van der Waals surface area contributed by atoms with Gasteiger partial charge >= 0.3 is 5.97 Å². The first-order valence-corrected chi connectivity index (χ1v) is 11.6. The minimum atomic E-state index is -0.403. The number of carbonyl (C=O) groups excluding carboxylic acids is 1. The maximum absolute atomic E-state index is 13.3. The number of benzene rings is 1. The summed E-state index contributed by atoms with van der Waals surface area (Å²) in [6, 6.07) is 3.55. The van der Waals surface area contributed by atoms with Gasteiger partial charge in [0.05, 0.1) is 5.56 Å². The summed E-state index contributed by atoms with van der Waals surface area (Å²) in [5.74, 6) is 0.447. The summed E-state index contributed by atoms with van der Waals surface area (Å²) < 4.78 is 5.99. The highest BCUT2D eigenvalue weighted by molar-refractivity contribution is 5.91. The van der Waals surface area contributed by atoms with Crippen molar-refractivity contribution in [3.63, 3.8) is 0 Å². The van der Waals surface area contributed by atoms with Gasteiger partial charge in [-0.15, -0.1) is 0 Å². The van der Waals surface area contributed by atoms with Crippen LogP contribution < -0.4 is 0 Å². The van der Waals surface area contributed by atoms with Crippen LogP contribution in [0.25, 0.3) is 0 Å². The van der Waals surface area contributed by atoms with Crippen LogP contribution in [0, 0.1) is 10.8 Å². The van der Waals surface area contributed by atoms with Crippen LogP contribution in [0.1, 0.15) is 118 Å². The minimum Gasteiger partial charge on any atom is -0.507 e. The van der Waals surface area contributed by atoms with Crippen LogP contribution in [0.15, 0.2) is 35.6 Å². The summed E-state index contributed by atoms with van der Waals surface area (Å²) >= 11 is 0. The summed E-state index contributed by atoms with van der Waals surface area (Å²) in [7, 11) is 0. The third-order valence-corrected chi connectivity index (χ3v) is 5.66. The first kappa shape index (κ1) is 28.0. The van der Waals surface area contributed by atoms with Crippen molar-refractivity contribution >= 4 is 5.97 Å². The molecule has 32 heavy (non-hydrogen) atoms. The SMILES string of the molecule is C/C(=C(\C=C/CC(C)(C)C)OC(=O)c1cc(C(C)(C)C)c(O)c(C(C)(C)C)c1)C(C)(C)C. The van der Waals surface area contributed by atoms with Gasteiger partial charge in [-0.05, 0) is 58.8 Å². The molecule has 1 aromatic carbocycles. The van der Waals surface area contributed by atoms with Crippen LogP contribution >= 0.6 is 0 Å². The number of phenols is 1. The first-order chi connectivity index (χ1) is 14.1. The Bertz CT molecular complexity index is 851. The van der Waals surface area contributed by atoms with Gasteiger partial charge in [-0.2, -0.15) is 0 Å². The maximum atomic E-state index is 13.3. The molecule has 0 amide bonds. The minimum absolute atomic E-state index is 0.135. The smallest absolute Gasteiger partial charge is 0.343 e. The van der Waals surface area contributed by atoms with Crippen molar-refractivity contribution in [3.05, 3.63) is 52.3 Å². The van der Waals surface area contributed by atoms with Crippen molar-refractivity contribution in [2.24, 2.45) is 10.8 Å². The van der Waals surface area contributed by atoms with Gasteiger partial charge in [0.25, 0.3) is 0 Å². The molecule has 0 aliphatic rings. The van der Waals surface area contributed by atoms with Gasteiger partial charge in [-0.3, -0.25) is 0 Å². The predicted molar refractivity (Wildman–Crippen MR) is 136 cm³/mol. The lowest BCUT2D eigenvalue weighted by molar-refractivity contribution is 0.0629. The highest BCUT2D eigenvalue weighted by Gasteiger charge is 2.29. The lowest BCUT2D eigenvalue weighted by Gasteiger charge is -2.28. The van der Waals surface area contributed by atoms with Gasteiger partial charge in [0.2, 0.25) is 0 Å². The molecule has 3 heteroatoms. The number of ether oxygens (including phenoxy) is 1. The van der Waals surface area contributed by atoms with Crippen LogP contribution in [0.4, 0.5) is 0 Å². The van der Waals surface area contributed by atoms with E-state index in [1.807, 2.05) is 54.5 Å². The van der Waals surface area contributed by atoms with Gasteiger partial charge in [-0.1, -0.05) is 89.2 Å². The highest BCUT2D eigenvalue weighted by atomic mass is 16.5. The molecule has 0 aromatic heterocycles. The number of carbonyl (C=O) groups is 1. The summed E-state index contributed by atoms with van der Waals surface area (Å²) in [5.41, 5.74) is 2.37. The fraction of sp³-hybridized carbons (Fsp3) is 0.621. The Morgan fingerprint density at radius 2 is 1.31 bits per heavy atom.